The molecule has 1 amide bonds. The lowest BCUT2D eigenvalue weighted by atomic mass is 10.3. The normalized spacial score (nSPS) is 22.7. The molecule has 0 aliphatic carbocycles. The van der Waals surface area contributed by atoms with Crippen LogP contribution < -0.4 is 5.32 Å². The molecule has 4 nitrogen and oxygen atoms in total. The molecule has 1 rings (SSSR count). The summed E-state index contributed by atoms with van der Waals surface area (Å²) in [5.41, 5.74) is 0. The molecule has 0 aromatic carbocycles. The number of carbonyl (C=O) groups excluding carboxylic acids is 1. The van der Waals surface area contributed by atoms with Crippen molar-refractivity contribution < 1.29 is 4.79 Å². The molecule has 0 fully saturated rings. The van der Waals surface area contributed by atoms with Gasteiger partial charge >= 0.3 is 0 Å². The first-order valence-electron chi connectivity index (χ1n) is 3.53. The van der Waals surface area contributed by atoms with Gasteiger partial charge in [0.05, 0.1) is 18.8 Å². The number of hydrogen-bond acceptors (Lipinski definition) is 3. The van der Waals surface area contributed by atoms with Gasteiger partial charge in [-0.05, 0) is 6.92 Å². The zero-order valence-corrected chi connectivity index (χ0v) is 6.66. The van der Waals surface area contributed by atoms with Gasteiger partial charge in [0, 0.05) is 6.92 Å². The van der Waals surface area contributed by atoms with Gasteiger partial charge in [0.25, 0.3) is 0 Å². The number of carbonyl (C=O) groups is 1. The van der Waals surface area contributed by atoms with Crippen LogP contribution in [0.1, 0.15) is 13.8 Å². The Labute approximate surface area is 65.4 Å². The van der Waals surface area contributed by atoms with E-state index < -0.39 is 0 Å². The van der Waals surface area contributed by atoms with E-state index in [1.807, 2.05) is 6.92 Å². The van der Waals surface area contributed by atoms with Crippen molar-refractivity contribution in [1.82, 2.24) is 5.32 Å². The first-order valence-corrected chi connectivity index (χ1v) is 3.53. The first kappa shape index (κ1) is 7.91. The predicted octanol–water partition coefficient (Wildman–Crippen LogP) is -0.00610. The maximum Gasteiger partial charge on any atom is 0.222 e. The van der Waals surface area contributed by atoms with Gasteiger partial charge in [-0.2, -0.15) is 0 Å². The molecule has 1 aliphatic heterocycles. The minimum atomic E-state index is -0.107. The summed E-state index contributed by atoms with van der Waals surface area (Å²) in [6, 6.07) is 0.182. The van der Waals surface area contributed by atoms with E-state index in [2.05, 4.69) is 15.3 Å². The van der Waals surface area contributed by atoms with E-state index in [9.17, 15) is 4.79 Å². The fourth-order valence-corrected chi connectivity index (χ4v) is 0.848. The molecular weight excluding hydrogens is 142 g/mol. The number of nitrogens with zero attached hydrogens (tertiary/aromatic N) is 2. The topological polar surface area (TPSA) is 53.8 Å². The van der Waals surface area contributed by atoms with E-state index in [4.69, 9.17) is 0 Å². The summed E-state index contributed by atoms with van der Waals surface area (Å²) in [5, 5.41) is 2.57. The van der Waals surface area contributed by atoms with Crippen LogP contribution in [0.3, 0.4) is 0 Å². The number of amides is 1. The quantitative estimate of drug-likeness (QED) is 0.523. The van der Waals surface area contributed by atoms with Crippen LogP contribution in [0.5, 0.6) is 0 Å². The molecule has 1 unspecified atom stereocenters. The highest BCUT2D eigenvalue weighted by atomic mass is 16.1. The van der Waals surface area contributed by atoms with Gasteiger partial charge in [-0.25, -0.2) is 0 Å². The van der Waals surface area contributed by atoms with E-state index in [0.29, 0.717) is 12.4 Å². The number of hydrogen-bond donors (Lipinski definition) is 1. The second kappa shape index (κ2) is 3.27. The standard InChI is InChI=1S/C7H11N3O/c1-5-3-8-4-7(9-5)10-6(2)11/h4-5H,3H2,1-2H3,(H,9,10,11). The van der Waals surface area contributed by atoms with Gasteiger partial charge in [-0.1, -0.05) is 0 Å². The van der Waals surface area contributed by atoms with Crippen molar-refractivity contribution in [1.29, 1.82) is 0 Å². The summed E-state index contributed by atoms with van der Waals surface area (Å²) in [5.74, 6) is 0.459. The zero-order chi connectivity index (χ0) is 8.27. The van der Waals surface area contributed by atoms with Crippen LogP contribution in [0.15, 0.2) is 9.98 Å². The Balaban J connectivity index is 2.57. The van der Waals surface area contributed by atoms with Gasteiger partial charge in [-0.3, -0.25) is 14.8 Å². The number of nitrogens with one attached hydrogen (secondary N) is 1. The second-order valence-corrected chi connectivity index (χ2v) is 2.54. The number of amidine groups is 1. The van der Waals surface area contributed by atoms with Crippen molar-refractivity contribution in [3.8, 4) is 0 Å². The van der Waals surface area contributed by atoms with Crippen LogP contribution in [0, 0.1) is 0 Å². The Kier molecular flexibility index (Phi) is 2.36. The molecule has 0 spiro atoms. The van der Waals surface area contributed by atoms with Crippen molar-refractivity contribution in [3.63, 3.8) is 0 Å². The molecule has 1 atom stereocenters. The van der Waals surface area contributed by atoms with E-state index in [1.165, 1.54) is 6.92 Å². The van der Waals surface area contributed by atoms with Crippen molar-refractivity contribution in [2.24, 2.45) is 9.98 Å². The average Bonchev–Trinajstić information content (AvgIpc) is 1.85. The lowest BCUT2D eigenvalue weighted by Crippen LogP contribution is -2.32. The fraction of sp³-hybridized carbons (Fsp3) is 0.571. The molecule has 1 N–H and O–H groups in total. The van der Waals surface area contributed by atoms with Crippen LogP contribution in [-0.4, -0.2) is 30.5 Å². The summed E-state index contributed by atoms with van der Waals surface area (Å²) < 4.78 is 0. The maximum atomic E-state index is 10.6. The molecule has 0 aromatic heterocycles. The Morgan fingerprint density at radius 3 is 3.09 bits per heavy atom. The molecule has 0 aromatic rings. The maximum absolute atomic E-state index is 10.6. The van der Waals surface area contributed by atoms with E-state index in [-0.39, 0.29) is 11.9 Å². The molecule has 0 saturated carbocycles. The van der Waals surface area contributed by atoms with Crippen molar-refractivity contribution in [2.45, 2.75) is 19.9 Å². The van der Waals surface area contributed by atoms with Crippen molar-refractivity contribution >= 4 is 18.0 Å². The largest absolute Gasteiger partial charge is 0.310 e. The van der Waals surface area contributed by atoms with E-state index >= 15 is 0 Å². The van der Waals surface area contributed by atoms with Gasteiger partial charge in [0.15, 0.2) is 0 Å². The molecule has 0 radical (unpaired) electrons. The molecule has 0 saturated heterocycles. The summed E-state index contributed by atoms with van der Waals surface area (Å²) >= 11 is 0. The summed E-state index contributed by atoms with van der Waals surface area (Å²) in [7, 11) is 0. The van der Waals surface area contributed by atoms with Gasteiger partial charge < -0.3 is 5.32 Å². The smallest absolute Gasteiger partial charge is 0.222 e. The van der Waals surface area contributed by atoms with E-state index in [1.54, 1.807) is 6.21 Å². The molecule has 60 valence electrons. The van der Waals surface area contributed by atoms with Crippen molar-refractivity contribution in [3.05, 3.63) is 0 Å². The lowest BCUT2D eigenvalue weighted by molar-refractivity contribution is -0.117. The Morgan fingerprint density at radius 2 is 2.55 bits per heavy atom. The van der Waals surface area contributed by atoms with Crippen LogP contribution in [0.4, 0.5) is 0 Å². The highest BCUT2D eigenvalue weighted by Crippen LogP contribution is 1.94. The van der Waals surface area contributed by atoms with Gasteiger partial charge in [0.1, 0.15) is 5.84 Å². The van der Waals surface area contributed by atoms with Crippen LogP contribution in [-0.2, 0) is 4.79 Å². The zero-order valence-electron chi connectivity index (χ0n) is 6.66. The van der Waals surface area contributed by atoms with Gasteiger partial charge in [0.2, 0.25) is 5.91 Å². The van der Waals surface area contributed by atoms with Crippen LogP contribution >= 0.6 is 0 Å². The highest BCUT2D eigenvalue weighted by molar-refractivity contribution is 6.33. The minimum absolute atomic E-state index is 0.107. The predicted molar refractivity (Wildman–Crippen MR) is 44.1 cm³/mol. The van der Waals surface area contributed by atoms with Gasteiger partial charge in [-0.15, -0.1) is 0 Å². The molecule has 0 bridgehead atoms. The second-order valence-electron chi connectivity index (χ2n) is 2.54. The fourth-order valence-electron chi connectivity index (χ4n) is 0.848. The molecule has 1 aliphatic rings. The van der Waals surface area contributed by atoms with E-state index in [0.717, 1.165) is 0 Å². The molecule has 11 heavy (non-hydrogen) atoms. The summed E-state index contributed by atoms with van der Waals surface area (Å²) in [6.45, 7) is 4.12. The summed E-state index contributed by atoms with van der Waals surface area (Å²) in [6.07, 6.45) is 1.58. The monoisotopic (exact) mass is 153 g/mol. The van der Waals surface area contributed by atoms with Crippen LogP contribution in [0.25, 0.3) is 0 Å². The SMILES string of the molecule is CC(=O)NC1=NC(C)CN=C1. The molecule has 4 heteroatoms. The van der Waals surface area contributed by atoms with Crippen LogP contribution in [0.2, 0.25) is 0 Å². The third-order valence-electron chi connectivity index (χ3n) is 1.25. The third-order valence-corrected chi connectivity index (χ3v) is 1.25. The molecule has 1 heterocycles. The molecular formula is C7H11N3O. The average molecular weight is 153 g/mol. The Bertz CT molecular complexity index is 220. The first-order chi connectivity index (χ1) is 5.18. The lowest BCUT2D eigenvalue weighted by Gasteiger charge is -2.10. The number of rotatable bonds is 0. The summed E-state index contributed by atoms with van der Waals surface area (Å²) in [4.78, 5) is 18.7. The minimum Gasteiger partial charge on any atom is -0.310 e. The van der Waals surface area contributed by atoms with Crippen molar-refractivity contribution in [2.75, 3.05) is 6.54 Å². The number of aliphatic imine (C=N–C) groups is 2. The highest BCUT2D eigenvalue weighted by Gasteiger charge is 2.06. The third kappa shape index (κ3) is 2.49. The Morgan fingerprint density at radius 1 is 1.82 bits per heavy atom. The Hall–Kier alpha value is -1.19.